The van der Waals surface area contributed by atoms with Crippen LogP contribution in [-0.4, -0.2) is 16.3 Å². The Morgan fingerprint density at radius 3 is 2.69 bits per heavy atom. The highest BCUT2D eigenvalue weighted by molar-refractivity contribution is 5.26. The molecule has 2 aromatic rings. The Hall–Kier alpha value is -1.61. The molecule has 0 saturated heterocycles. The van der Waals surface area contributed by atoms with Crippen LogP contribution in [0.5, 0.6) is 0 Å². The maximum Gasteiger partial charge on any atom is 0.0890 e. The fourth-order valence-electron chi connectivity index (χ4n) is 1.88. The van der Waals surface area contributed by atoms with Crippen molar-refractivity contribution in [1.29, 1.82) is 0 Å². The topological polar surface area (TPSA) is 43.8 Å². The average Bonchev–Trinajstić information content (AvgIpc) is 2.66. The Balaban J connectivity index is 2.36. The molecule has 2 N–H and O–H groups in total. The molecule has 0 amide bonds. The number of hydrogen-bond acceptors (Lipinski definition) is 2. The minimum Gasteiger partial charge on any atom is -0.328 e. The van der Waals surface area contributed by atoms with E-state index < -0.39 is 0 Å². The van der Waals surface area contributed by atoms with Gasteiger partial charge < -0.3 is 5.73 Å². The zero-order chi connectivity index (χ0) is 11.5. The number of aryl methyl sites for hydroxylation is 2. The van der Waals surface area contributed by atoms with Gasteiger partial charge in [0.05, 0.1) is 12.2 Å². The summed E-state index contributed by atoms with van der Waals surface area (Å²) in [5.74, 6) is 0. The first-order valence-electron chi connectivity index (χ1n) is 5.48. The SMILES string of the molecule is Cc1cccc(C(CN)n2cc(C)cn2)c1. The molecule has 0 spiro atoms. The Morgan fingerprint density at radius 1 is 1.31 bits per heavy atom. The van der Waals surface area contributed by atoms with E-state index in [-0.39, 0.29) is 6.04 Å². The van der Waals surface area contributed by atoms with Gasteiger partial charge in [-0.25, -0.2) is 0 Å². The Bertz CT molecular complexity index is 474. The number of hydrogen-bond donors (Lipinski definition) is 1. The van der Waals surface area contributed by atoms with Crippen molar-refractivity contribution in [3.05, 3.63) is 53.3 Å². The minimum atomic E-state index is 0.133. The molecule has 0 aliphatic carbocycles. The van der Waals surface area contributed by atoms with Crippen LogP contribution in [0, 0.1) is 13.8 Å². The van der Waals surface area contributed by atoms with Gasteiger partial charge in [-0.1, -0.05) is 29.8 Å². The van der Waals surface area contributed by atoms with Crippen molar-refractivity contribution in [1.82, 2.24) is 9.78 Å². The van der Waals surface area contributed by atoms with Crippen molar-refractivity contribution >= 4 is 0 Å². The summed E-state index contributed by atoms with van der Waals surface area (Å²) >= 11 is 0. The maximum absolute atomic E-state index is 5.84. The van der Waals surface area contributed by atoms with E-state index in [1.54, 1.807) is 0 Å². The van der Waals surface area contributed by atoms with Gasteiger partial charge in [0.1, 0.15) is 0 Å². The van der Waals surface area contributed by atoms with E-state index >= 15 is 0 Å². The summed E-state index contributed by atoms with van der Waals surface area (Å²) in [5, 5.41) is 4.33. The second kappa shape index (κ2) is 4.49. The Morgan fingerprint density at radius 2 is 2.12 bits per heavy atom. The third-order valence-corrected chi connectivity index (χ3v) is 2.70. The number of rotatable bonds is 3. The highest BCUT2D eigenvalue weighted by Crippen LogP contribution is 2.18. The van der Waals surface area contributed by atoms with Crippen molar-refractivity contribution in [2.24, 2.45) is 5.73 Å². The molecule has 0 aliphatic heterocycles. The van der Waals surface area contributed by atoms with E-state index in [2.05, 4.69) is 36.3 Å². The van der Waals surface area contributed by atoms with E-state index in [4.69, 9.17) is 5.73 Å². The zero-order valence-electron chi connectivity index (χ0n) is 9.72. The van der Waals surface area contributed by atoms with E-state index in [1.807, 2.05) is 24.0 Å². The first kappa shape index (κ1) is 10.9. The molecule has 0 radical (unpaired) electrons. The molecule has 1 heterocycles. The predicted octanol–water partition coefficient (Wildman–Crippen LogP) is 2.05. The van der Waals surface area contributed by atoms with Crippen LogP contribution in [0.2, 0.25) is 0 Å². The number of nitrogens with two attached hydrogens (primary N) is 1. The largest absolute Gasteiger partial charge is 0.328 e. The fourth-order valence-corrected chi connectivity index (χ4v) is 1.88. The summed E-state index contributed by atoms with van der Waals surface area (Å²) in [7, 11) is 0. The summed E-state index contributed by atoms with van der Waals surface area (Å²) in [6.07, 6.45) is 3.89. The second-order valence-corrected chi connectivity index (χ2v) is 4.16. The van der Waals surface area contributed by atoms with Gasteiger partial charge in [-0.3, -0.25) is 4.68 Å². The lowest BCUT2D eigenvalue weighted by Gasteiger charge is -2.16. The van der Waals surface area contributed by atoms with Crippen LogP contribution in [0.4, 0.5) is 0 Å². The average molecular weight is 215 g/mol. The van der Waals surface area contributed by atoms with Crippen molar-refractivity contribution in [2.45, 2.75) is 19.9 Å². The molecule has 1 aromatic carbocycles. The molecule has 3 heteroatoms. The lowest BCUT2D eigenvalue weighted by Crippen LogP contribution is -2.20. The smallest absolute Gasteiger partial charge is 0.0890 e. The molecule has 2 rings (SSSR count). The Labute approximate surface area is 95.9 Å². The molecule has 1 aromatic heterocycles. The van der Waals surface area contributed by atoms with E-state index in [1.165, 1.54) is 11.1 Å². The van der Waals surface area contributed by atoms with Crippen LogP contribution in [0.3, 0.4) is 0 Å². The standard InChI is InChI=1S/C13H17N3/c1-10-4-3-5-12(6-10)13(7-14)16-9-11(2)8-15-16/h3-6,8-9,13H,7,14H2,1-2H3. The van der Waals surface area contributed by atoms with Gasteiger partial charge in [-0.05, 0) is 25.0 Å². The molecule has 84 valence electrons. The summed E-state index contributed by atoms with van der Waals surface area (Å²) in [6.45, 7) is 4.68. The second-order valence-electron chi connectivity index (χ2n) is 4.16. The van der Waals surface area contributed by atoms with Crippen molar-refractivity contribution in [3.63, 3.8) is 0 Å². The maximum atomic E-state index is 5.84. The molecule has 0 bridgehead atoms. The summed E-state index contributed by atoms with van der Waals surface area (Å²) in [6, 6.07) is 8.54. The summed E-state index contributed by atoms with van der Waals surface area (Å²) in [5.41, 5.74) is 9.46. The predicted molar refractivity (Wildman–Crippen MR) is 65.3 cm³/mol. The van der Waals surface area contributed by atoms with Crippen LogP contribution in [0.25, 0.3) is 0 Å². The van der Waals surface area contributed by atoms with Crippen LogP contribution < -0.4 is 5.73 Å². The first-order chi connectivity index (χ1) is 7.70. The zero-order valence-corrected chi connectivity index (χ0v) is 9.72. The van der Waals surface area contributed by atoms with Gasteiger partial charge >= 0.3 is 0 Å². The van der Waals surface area contributed by atoms with Gasteiger partial charge in [0, 0.05) is 12.7 Å². The van der Waals surface area contributed by atoms with E-state index in [0.717, 1.165) is 5.56 Å². The van der Waals surface area contributed by atoms with Gasteiger partial charge in [0.15, 0.2) is 0 Å². The summed E-state index contributed by atoms with van der Waals surface area (Å²) < 4.78 is 1.93. The van der Waals surface area contributed by atoms with Gasteiger partial charge in [-0.2, -0.15) is 5.10 Å². The van der Waals surface area contributed by atoms with Crippen LogP contribution >= 0.6 is 0 Å². The molecule has 16 heavy (non-hydrogen) atoms. The summed E-state index contributed by atoms with van der Waals surface area (Å²) in [4.78, 5) is 0. The van der Waals surface area contributed by atoms with Crippen molar-refractivity contribution in [3.8, 4) is 0 Å². The van der Waals surface area contributed by atoms with Crippen molar-refractivity contribution in [2.75, 3.05) is 6.54 Å². The number of nitrogens with zero attached hydrogens (tertiary/aromatic N) is 2. The van der Waals surface area contributed by atoms with E-state index in [9.17, 15) is 0 Å². The third-order valence-electron chi connectivity index (χ3n) is 2.70. The molecule has 3 nitrogen and oxygen atoms in total. The number of benzene rings is 1. The minimum absolute atomic E-state index is 0.133. The lowest BCUT2D eigenvalue weighted by molar-refractivity contribution is 0.531. The third kappa shape index (κ3) is 2.14. The van der Waals surface area contributed by atoms with Gasteiger partial charge in [0.25, 0.3) is 0 Å². The van der Waals surface area contributed by atoms with E-state index in [0.29, 0.717) is 6.54 Å². The Kier molecular flexibility index (Phi) is 3.06. The molecule has 0 aliphatic rings. The quantitative estimate of drug-likeness (QED) is 0.851. The molecule has 0 fully saturated rings. The van der Waals surface area contributed by atoms with Gasteiger partial charge in [-0.15, -0.1) is 0 Å². The molecule has 1 atom stereocenters. The normalized spacial score (nSPS) is 12.7. The van der Waals surface area contributed by atoms with Crippen molar-refractivity contribution < 1.29 is 0 Å². The van der Waals surface area contributed by atoms with Gasteiger partial charge in [0.2, 0.25) is 0 Å². The molecular weight excluding hydrogens is 198 g/mol. The van der Waals surface area contributed by atoms with Crippen LogP contribution in [-0.2, 0) is 0 Å². The number of aromatic nitrogens is 2. The molecule has 1 unspecified atom stereocenters. The lowest BCUT2D eigenvalue weighted by atomic mass is 10.0. The molecular formula is C13H17N3. The first-order valence-corrected chi connectivity index (χ1v) is 5.48. The van der Waals surface area contributed by atoms with Crippen LogP contribution in [0.15, 0.2) is 36.7 Å². The van der Waals surface area contributed by atoms with Crippen LogP contribution in [0.1, 0.15) is 22.7 Å². The fraction of sp³-hybridized carbons (Fsp3) is 0.308. The highest BCUT2D eigenvalue weighted by Gasteiger charge is 2.12. The monoisotopic (exact) mass is 215 g/mol. The highest BCUT2D eigenvalue weighted by atomic mass is 15.3. The molecule has 0 saturated carbocycles.